The number of aliphatic hydroxyl groups is 3. The number of allylic oxidation sites excluding steroid dienone is 6. The van der Waals surface area contributed by atoms with Crippen molar-refractivity contribution in [1.29, 1.82) is 0 Å². The van der Waals surface area contributed by atoms with Crippen LogP contribution in [0.15, 0.2) is 59.4 Å². The van der Waals surface area contributed by atoms with E-state index in [1.54, 1.807) is 52.0 Å². The van der Waals surface area contributed by atoms with Gasteiger partial charge in [0.25, 0.3) is 0 Å². The first-order chi connectivity index (χ1) is 31.4. The molecule has 3 aliphatic rings. The first kappa shape index (κ1) is 57.2. The Bertz CT molecular complexity index is 1810. The molecule has 0 aliphatic carbocycles. The second-order valence-electron chi connectivity index (χ2n) is 18.7. The van der Waals surface area contributed by atoms with Gasteiger partial charge >= 0.3 is 24.0 Å². The van der Waals surface area contributed by atoms with Gasteiger partial charge in [0, 0.05) is 63.4 Å². The van der Waals surface area contributed by atoms with Gasteiger partial charge in [-0.05, 0) is 52.5 Å². The normalized spacial score (nSPS) is 39.2. The average molecular weight is 950 g/mol. The first-order valence-corrected chi connectivity index (χ1v) is 23.4. The molecule has 17 heteroatoms. The van der Waals surface area contributed by atoms with Crippen LogP contribution in [0.5, 0.6) is 0 Å². The number of methoxy groups -OCH3 is 2. The number of nitrogens with two attached hydrogens (primary N) is 1. The van der Waals surface area contributed by atoms with Crippen molar-refractivity contribution in [3.63, 3.8) is 0 Å². The van der Waals surface area contributed by atoms with Gasteiger partial charge in [0.05, 0.1) is 37.6 Å². The Kier molecular flexibility index (Phi) is 22.2. The number of carbonyl (C=O) groups is 4. The Balaban J connectivity index is 2.05. The molecule has 0 bridgehead atoms. The number of hydrogen-bond acceptors (Lipinski definition) is 16. The number of carbonyl (C=O) groups excluding carboxylic acids is 4. The van der Waals surface area contributed by atoms with Gasteiger partial charge in [-0.15, -0.1) is 0 Å². The Morgan fingerprint density at radius 1 is 1.01 bits per heavy atom. The summed E-state index contributed by atoms with van der Waals surface area (Å²) >= 11 is 0. The summed E-state index contributed by atoms with van der Waals surface area (Å²) < 4.78 is 53.3. The monoisotopic (exact) mass is 950 g/mol. The zero-order valence-electron chi connectivity index (χ0n) is 41.9. The fourth-order valence-corrected chi connectivity index (χ4v) is 9.62. The van der Waals surface area contributed by atoms with E-state index in [0.29, 0.717) is 18.4 Å². The maximum Gasteiger partial charge on any atom is 0.404 e. The highest BCUT2D eigenvalue weighted by molar-refractivity contribution is 5.87. The maximum atomic E-state index is 14.1. The van der Waals surface area contributed by atoms with E-state index in [4.69, 9.17) is 48.4 Å². The Labute approximate surface area is 397 Å². The molecule has 67 heavy (non-hydrogen) atoms. The molecule has 1 amide bonds. The number of amides is 1. The van der Waals surface area contributed by atoms with Crippen molar-refractivity contribution >= 4 is 24.0 Å². The summed E-state index contributed by atoms with van der Waals surface area (Å²) in [7, 11) is 2.79. The van der Waals surface area contributed by atoms with Crippen molar-refractivity contribution in [2.24, 2.45) is 41.2 Å². The predicted octanol–water partition coefficient (Wildman–Crippen LogP) is 6.13. The van der Waals surface area contributed by atoms with Gasteiger partial charge in [0.2, 0.25) is 5.76 Å². The number of ether oxygens (including phenoxy) is 9. The third-order valence-corrected chi connectivity index (χ3v) is 13.3. The average Bonchev–Trinajstić information content (AvgIpc) is 3.24. The summed E-state index contributed by atoms with van der Waals surface area (Å²) in [6.45, 7) is 20.7. The lowest BCUT2D eigenvalue weighted by molar-refractivity contribution is -0.339. The van der Waals surface area contributed by atoms with Crippen LogP contribution in [0.3, 0.4) is 0 Å². The smallest absolute Gasteiger partial charge is 0.404 e. The summed E-state index contributed by atoms with van der Waals surface area (Å²) in [5.41, 5.74) is 6.84. The Hall–Kier alpha value is -4.10. The molecule has 0 aromatic carbocycles. The minimum absolute atomic E-state index is 0.0110. The van der Waals surface area contributed by atoms with Gasteiger partial charge in [-0.25, -0.2) is 9.59 Å². The van der Waals surface area contributed by atoms with Gasteiger partial charge in [-0.2, -0.15) is 0 Å². The molecule has 3 heterocycles. The van der Waals surface area contributed by atoms with Crippen molar-refractivity contribution in [1.82, 2.24) is 0 Å². The van der Waals surface area contributed by atoms with Crippen LogP contribution in [-0.2, 0) is 57.0 Å². The standard InChI is InChI=1S/C50H79NO16/c1-15-18-37-30(7)41(64-42-24-39(62-34(11)52)47(33(10)61-42)66-49(51)57)25-50(58,67-37)32(9)44(55)31(8)46-38(59-13)20-17-19-26(3)21-29(6)45(63-35(12)53)36(16-2)43(54)28(5)22-27(4)23-40(60-14)48(56)65-46/h15,17-20,22-23,28-33,36-39,41-47,54-55,58H,16,21,24-25H2,1-14H3,(H2,51,57)/b18-15+,20-17+,26-19+,27-22+,40-23-/t28-,29-,30-,31+,32+,33-,36-,37-,38+,39-,41-,42+,43-,44-,45+,46-,47-,50-/m1/s1. The predicted molar refractivity (Wildman–Crippen MR) is 247 cm³/mol. The minimum Gasteiger partial charge on any atom is -0.490 e. The van der Waals surface area contributed by atoms with E-state index >= 15 is 0 Å². The molecule has 3 rings (SSSR count). The van der Waals surface area contributed by atoms with E-state index in [9.17, 15) is 34.5 Å². The molecule has 18 atom stereocenters. The van der Waals surface area contributed by atoms with E-state index in [1.807, 2.05) is 53.7 Å². The summed E-state index contributed by atoms with van der Waals surface area (Å²) in [4.78, 5) is 50.2. The SMILES string of the molecule is C/C=C/[C@H]1O[C@@](O)([C@@H](C)[C@H](O)[C@H](C)[C@H]2OC(=O)/C(OC)=C/C(C)=C/[C@@H](C)[C@@H](O)[C@@H](CC)[C@@H](OC(C)=O)[C@H](C)C/C(C)=C/C=C/[C@@H]2OC)C[C@@H](O[C@H]2C[C@@H](OC(C)=O)[C@H](OC(N)=O)[C@@H](C)O2)[C@@H]1C. The molecule has 0 spiro atoms. The molecule has 5 N–H and O–H groups in total. The number of cyclic esters (lactones) is 1. The van der Waals surface area contributed by atoms with Gasteiger partial charge in [0.15, 0.2) is 18.2 Å². The van der Waals surface area contributed by atoms with Crippen molar-refractivity contribution in [2.45, 2.75) is 182 Å². The van der Waals surface area contributed by atoms with Crippen LogP contribution in [0.1, 0.15) is 109 Å². The van der Waals surface area contributed by atoms with E-state index in [-0.39, 0.29) is 36.4 Å². The molecule has 0 unspecified atom stereocenters. The third kappa shape index (κ3) is 15.7. The van der Waals surface area contributed by atoms with Crippen molar-refractivity contribution in [3.05, 3.63) is 59.4 Å². The van der Waals surface area contributed by atoms with Crippen molar-refractivity contribution in [3.8, 4) is 0 Å². The lowest BCUT2D eigenvalue weighted by Gasteiger charge is -2.50. The number of primary amides is 1. The number of aliphatic hydroxyl groups excluding tert-OH is 2. The number of rotatable bonds is 13. The van der Waals surface area contributed by atoms with Gasteiger partial charge in [-0.1, -0.05) is 89.1 Å². The van der Waals surface area contributed by atoms with E-state index in [1.165, 1.54) is 34.1 Å². The fourth-order valence-electron chi connectivity index (χ4n) is 9.62. The quantitative estimate of drug-likeness (QED) is 0.0923. The molecule has 2 saturated heterocycles. The lowest BCUT2D eigenvalue weighted by atomic mass is 9.77. The number of esters is 3. The zero-order chi connectivity index (χ0) is 50.5. The lowest BCUT2D eigenvalue weighted by Crippen LogP contribution is -2.59. The van der Waals surface area contributed by atoms with Crippen molar-refractivity contribution in [2.75, 3.05) is 14.2 Å². The molecule has 0 aromatic rings. The van der Waals surface area contributed by atoms with E-state index < -0.39 is 115 Å². The summed E-state index contributed by atoms with van der Waals surface area (Å²) in [5.74, 6) is -7.31. The third-order valence-electron chi connectivity index (χ3n) is 13.3. The summed E-state index contributed by atoms with van der Waals surface area (Å²) in [6.07, 6.45) is 2.09. The summed E-state index contributed by atoms with van der Waals surface area (Å²) in [5, 5.41) is 36.4. The maximum absolute atomic E-state index is 14.1. The Morgan fingerprint density at radius 2 is 1.67 bits per heavy atom. The molecule has 17 nitrogen and oxygen atoms in total. The molecular weight excluding hydrogens is 871 g/mol. The van der Waals surface area contributed by atoms with E-state index in [0.717, 1.165) is 5.57 Å². The summed E-state index contributed by atoms with van der Waals surface area (Å²) in [6, 6.07) is 0. The van der Waals surface area contributed by atoms with Crippen LogP contribution in [0.25, 0.3) is 0 Å². The van der Waals surface area contributed by atoms with Gasteiger partial charge < -0.3 is 63.7 Å². The highest BCUT2D eigenvalue weighted by atomic mass is 16.7. The van der Waals surface area contributed by atoms with Gasteiger partial charge in [-0.3, -0.25) is 9.59 Å². The molecule has 0 radical (unpaired) electrons. The molecule has 2 fully saturated rings. The van der Waals surface area contributed by atoms with Crippen LogP contribution in [0.2, 0.25) is 0 Å². The van der Waals surface area contributed by atoms with Gasteiger partial charge in [0.1, 0.15) is 24.4 Å². The molecule has 3 aliphatic heterocycles. The van der Waals surface area contributed by atoms with Crippen LogP contribution in [0, 0.1) is 35.5 Å². The second-order valence-corrected chi connectivity index (χ2v) is 18.7. The topological polar surface area (TPSA) is 238 Å². The molecular formula is C50H79NO16. The second kappa shape index (κ2) is 26.0. The molecule has 0 aromatic heterocycles. The Morgan fingerprint density at radius 3 is 2.24 bits per heavy atom. The van der Waals surface area contributed by atoms with E-state index in [2.05, 4.69) is 0 Å². The number of hydrogen-bond donors (Lipinski definition) is 4. The highest BCUT2D eigenvalue weighted by Crippen LogP contribution is 2.43. The molecule has 0 saturated carbocycles. The largest absolute Gasteiger partial charge is 0.490 e. The highest BCUT2D eigenvalue weighted by Gasteiger charge is 2.53. The van der Waals surface area contributed by atoms with Crippen LogP contribution in [0.4, 0.5) is 4.79 Å². The minimum atomic E-state index is -2.02. The zero-order valence-corrected chi connectivity index (χ0v) is 41.9. The first-order valence-electron chi connectivity index (χ1n) is 23.4. The van der Waals surface area contributed by atoms with Crippen LogP contribution in [-0.4, -0.2) is 127 Å². The van der Waals surface area contributed by atoms with Crippen LogP contribution >= 0.6 is 0 Å². The fraction of sp³-hybridized carbons (Fsp3) is 0.720. The van der Waals surface area contributed by atoms with Crippen molar-refractivity contribution < 1.29 is 77.1 Å². The van der Waals surface area contributed by atoms with Crippen LogP contribution < -0.4 is 5.73 Å². The molecule has 380 valence electrons.